The highest BCUT2D eigenvalue weighted by Crippen LogP contribution is 2.30. The summed E-state index contributed by atoms with van der Waals surface area (Å²) in [5, 5.41) is 11.8. The smallest absolute Gasteiger partial charge is 0.307 e. The summed E-state index contributed by atoms with van der Waals surface area (Å²) in [6, 6.07) is 0. The number of amides is 2. The molecule has 2 aliphatic rings. The Kier molecular flexibility index (Phi) is 5.59. The highest BCUT2D eigenvalue weighted by molar-refractivity contribution is 5.88. The van der Waals surface area contributed by atoms with Crippen molar-refractivity contribution in [3.05, 3.63) is 0 Å². The van der Waals surface area contributed by atoms with E-state index in [2.05, 4.69) is 5.32 Å². The van der Waals surface area contributed by atoms with Crippen LogP contribution in [0, 0.1) is 11.8 Å². The predicted molar refractivity (Wildman–Crippen MR) is 76.5 cm³/mol. The van der Waals surface area contributed by atoms with Gasteiger partial charge in [0, 0.05) is 13.1 Å². The Bertz CT molecular complexity index is 404. The van der Waals surface area contributed by atoms with Gasteiger partial charge in [0.15, 0.2) is 0 Å². The maximum Gasteiger partial charge on any atom is 0.307 e. The zero-order valence-corrected chi connectivity index (χ0v) is 12.3. The van der Waals surface area contributed by atoms with E-state index in [1.165, 1.54) is 0 Å². The van der Waals surface area contributed by atoms with E-state index in [1.54, 1.807) is 4.90 Å². The zero-order valence-electron chi connectivity index (χ0n) is 12.3. The number of nitrogens with one attached hydrogen (secondary N) is 1. The predicted octanol–water partition coefficient (Wildman–Crippen LogP) is 1.01. The molecule has 2 rings (SSSR count). The van der Waals surface area contributed by atoms with Crippen LogP contribution in [-0.2, 0) is 14.4 Å². The van der Waals surface area contributed by atoms with E-state index in [4.69, 9.17) is 0 Å². The molecule has 21 heavy (non-hydrogen) atoms. The normalized spacial score (nSPS) is 26.2. The number of piperidine rings is 1. The summed E-state index contributed by atoms with van der Waals surface area (Å²) in [5.74, 6) is -2.36. The monoisotopic (exact) mass is 296 g/mol. The van der Waals surface area contributed by atoms with E-state index < -0.39 is 17.8 Å². The molecule has 0 unspecified atom stereocenters. The van der Waals surface area contributed by atoms with Crippen molar-refractivity contribution in [2.45, 2.75) is 44.9 Å². The van der Waals surface area contributed by atoms with Gasteiger partial charge in [-0.25, -0.2) is 0 Å². The highest BCUT2D eigenvalue weighted by Gasteiger charge is 2.35. The molecule has 1 saturated heterocycles. The number of hydrogen-bond acceptors (Lipinski definition) is 3. The average molecular weight is 296 g/mol. The second kappa shape index (κ2) is 7.43. The van der Waals surface area contributed by atoms with Gasteiger partial charge >= 0.3 is 5.97 Å². The van der Waals surface area contributed by atoms with E-state index >= 15 is 0 Å². The van der Waals surface area contributed by atoms with Crippen LogP contribution >= 0.6 is 0 Å². The van der Waals surface area contributed by atoms with Crippen molar-refractivity contribution in [3.63, 3.8) is 0 Å². The molecule has 2 atom stereocenters. The van der Waals surface area contributed by atoms with Crippen LogP contribution in [0.2, 0.25) is 0 Å². The summed E-state index contributed by atoms with van der Waals surface area (Å²) < 4.78 is 0. The van der Waals surface area contributed by atoms with Gasteiger partial charge in [-0.2, -0.15) is 0 Å². The number of aliphatic carboxylic acids is 1. The lowest BCUT2D eigenvalue weighted by Crippen LogP contribution is -2.46. The van der Waals surface area contributed by atoms with Gasteiger partial charge in [-0.1, -0.05) is 12.8 Å². The van der Waals surface area contributed by atoms with Crippen molar-refractivity contribution in [1.82, 2.24) is 10.2 Å². The molecule has 0 radical (unpaired) electrons. The Morgan fingerprint density at radius 3 is 2.19 bits per heavy atom. The fraction of sp³-hybridized carbons (Fsp3) is 0.800. The Labute approximate surface area is 124 Å². The molecule has 2 fully saturated rings. The van der Waals surface area contributed by atoms with Crippen LogP contribution in [0.5, 0.6) is 0 Å². The molecule has 2 amide bonds. The molecule has 1 aliphatic heterocycles. The van der Waals surface area contributed by atoms with E-state index in [-0.39, 0.29) is 18.4 Å². The fourth-order valence-electron chi connectivity index (χ4n) is 3.29. The standard InChI is InChI=1S/C15H24N2O4/c18-13(17-8-4-1-5-9-17)10-16-14(19)11-6-2-3-7-12(11)15(20)21/h11-12H,1-10H2,(H,16,19)(H,20,21)/t11-,12+/m1/s1. The summed E-state index contributed by atoms with van der Waals surface area (Å²) in [5.41, 5.74) is 0. The molecule has 6 heteroatoms. The summed E-state index contributed by atoms with van der Waals surface area (Å²) in [6.45, 7) is 1.51. The third-order valence-electron chi connectivity index (χ3n) is 4.54. The van der Waals surface area contributed by atoms with Crippen molar-refractivity contribution < 1.29 is 19.5 Å². The highest BCUT2D eigenvalue weighted by atomic mass is 16.4. The summed E-state index contributed by atoms with van der Waals surface area (Å²) in [6.07, 6.45) is 6.06. The number of carbonyl (C=O) groups is 3. The first-order valence-electron chi connectivity index (χ1n) is 7.88. The van der Waals surface area contributed by atoms with Crippen LogP contribution in [0.25, 0.3) is 0 Å². The molecule has 118 valence electrons. The Morgan fingerprint density at radius 2 is 1.57 bits per heavy atom. The lowest BCUT2D eigenvalue weighted by molar-refractivity contribution is -0.149. The van der Waals surface area contributed by atoms with Gasteiger partial charge in [0.05, 0.1) is 18.4 Å². The van der Waals surface area contributed by atoms with Crippen molar-refractivity contribution >= 4 is 17.8 Å². The number of carbonyl (C=O) groups excluding carboxylic acids is 2. The molecule has 0 aromatic rings. The molecular weight excluding hydrogens is 272 g/mol. The molecule has 0 aromatic heterocycles. The SMILES string of the molecule is O=C(O)[C@H]1CCCC[C@H]1C(=O)NCC(=O)N1CCCCC1. The molecule has 1 saturated carbocycles. The van der Waals surface area contributed by atoms with Gasteiger partial charge in [-0.3, -0.25) is 14.4 Å². The minimum absolute atomic E-state index is 0.0122. The largest absolute Gasteiger partial charge is 0.481 e. The minimum atomic E-state index is -0.905. The van der Waals surface area contributed by atoms with Crippen LogP contribution < -0.4 is 5.32 Å². The van der Waals surface area contributed by atoms with E-state index in [9.17, 15) is 19.5 Å². The van der Waals surface area contributed by atoms with Crippen LogP contribution in [-0.4, -0.2) is 47.4 Å². The first kappa shape index (κ1) is 15.8. The third kappa shape index (κ3) is 4.19. The Morgan fingerprint density at radius 1 is 0.952 bits per heavy atom. The molecule has 0 bridgehead atoms. The van der Waals surface area contributed by atoms with Gasteiger partial charge in [0.1, 0.15) is 0 Å². The van der Waals surface area contributed by atoms with Gasteiger partial charge < -0.3 is 15.3 Å². The van der Waals surface area contributed by atoms with E-state index in [1.807, 2.05) is 0 Å². The minimum Gasteiger partial charge on any atom is -0.481 e. The molecule has 1 aliphatic carbocycles. The molecule has 2 N–H and O–H groups in total. The third-order valence-corrected chi connectivity index (χ3v) is 4.54. The Hall–Kier alpha value is -1.59. The van der Waals surface area contributed by atoms with Crippen LogP contribution in [0.1, 0.15) is 44.9 Å². The number of likely N-dealkylation sites (tertiary alicyclic amines) is 1. The Balaban J connectivity index is 1.82. The van der Waals surface area contributed by atoms with Crippen molar-refractivity contribution in [1.29, 1.82) is 0 Å². The van der Waals surface area contributed by atoms with E-state index in [0.29, 0.717) is 12.8 Å². The molecule has 0 aromatic carbocycles. The number of rotatable bonds is 4. The molecular formula is C15H24N2O4. The van der Waals surface area contributed by atoms with Crippen molar-refractivity contribution in [2.75, 3.05) is 19.6 Å². The fourth-order valence-corrected chi connectivity index (χ4v) is 3.29. The maximum atomic E-state index is 12.2. The lowest BCUT2D eigenvalue weighted by Gasteiger charge is -2.29. The van der Waals surface area contributed by atoms with Gasteiger partial charge in [0.25, 0.3) is 0 Å². The van der Waals surface area contributed by atoms with Crippen LogP contribution in [0.4, 0.5) is 0 Å². The zero-order chi connectivity index (χ0) is 15.2. The first-order chi connectivity index (χ1) is 10.1. The molecule has 0 spiro atoms. The molecule has 1 heterocycles. The second-order valence-electron chi connectivity index (χ2n) is 5.99. The quantitative estimate of drug-likeness (QED) is 0.810. The van der Waals surface area contributed by atoms with Gasteiger partial charge in [-0.15, -0.1) is 0 Å². The van der Waals surface area contributed by atoms with Crippen molar-refractivity contribution in [3.8, 4) is 0 Å². The molecule has 6 nitrogen and oxygen atoms in total. The maximum absolute atomic E-state index is 12.2. The number of nitrogens with zero attached hydrogens (tertiary/aromatic N) is 1. The number of hydrogen-bond donors (Lipinski definition) is 2. The first-order valence-corrected chi connectivity index (χ1v) is 7.88. The number of carboxylic acid groups (broad SMARTS) is 1. The van der Waals surface area contributed by atoms with Gasteiger partial charge in [0.2, 0.25) is 11.8 Å². The second-order valence-corrected chi connectivity index (χ2v) is 5.99. The number of carboxylic acids is 1. The van der Waals surface area contributed by atoms with Crippen LogP contribution in [0.15, 0.2) is 0 Å². The average Bonchev–Trinajstić information content (AvgIpc) is 2.53. The summed E-state index contributed by atoms with van der Waals surface area (Å²) in [7, 11) is 0. The summed E-state index contributed by atoms with van der Waals surface area (Å²) in [4.78, 5) is 37.1. The topological polar surface area (TPSA) is 86.7 Å². The van der Waals surface area contributed by atoms with Gasteiger partial charge in [-0.05, 0) is 32.1 Å². The van der Waals surface area contributed by atoms with Crippen molar-refractivity contribution in [2.24, 2.45) is 11.8 Å². The lowest BCUT2D eigenvalue weighted by atomic mass is 9.79. The summed E-state index contributed by atoms with van der Waals surface area (Å²) >= 11 is 0. The van der Waals surface area contributed by atoms with E-state index in [0.717, 1.165) is 45.2 Å². The van der Waals surface area contributed by atoms with Crippen LogP contribution in [0.3, 0.4) is 0 Å².